The van der Waals surface area contributed by atoms with Gasteiger partial charge in [0.25, 0.3) is 0 Å². The van der Waals surface area contributed by atoms with Gasteiger partial charge in [-0.05, 0) is 24.6 Å². The molecule has 1 N–H and O–H groups in total. The van der Waals surface area contributed by atoms with Crippen molar-refractivity contribution in [1.82, 2.24) is 10.2 Å². The standard InChI is InChI=1S/C12H10BrFN2O3/c13-8-4-7(5-9(14)6-8)12-16-15-10(19-12)2-1-3-11(17)18/h4-6H,1-3H2,(H,17,18). The van der Waals surface area contributed by atoms with E-state index in [1.165, 1.54) is 12.1 Å². The third-order valence-electron chi connectivity index (χ3n) is 2.36. The first-order valence-electron chi connectivity index (χ1n) is 5.55. The molecule has 1 aromatic carbocycles. The molecule has 7 heteroatoms. The van der Waals surface area contributed by atoms with E-state index in [4.69, 9.17) is 9.52 Å². The summed E-state index contributed by atoms with van der Waals surface area (Å²) in [4.78, 5) is 10.4. The van der Waals surface area contributed by atoms with E-state index in [1.54, 1.807) is 6.07 Å². The number of carbonyl (C=O) groups is 1. The van der Waals surface area contributed by atoms with Crippen LogP contribution in [-0.2, 0) is 11.2 Å². The van der Waals surface area contributed by atoms with Gasteiger partial charge < -0.3 is 9.52 Å². The van der Waals surface area contributed by atoms with Gasteiger partial charge in [-0.25, -0.2) is 4.39 Å². The zero-order valence-corrected chi connectivity index (χ0v) is 11.4. The van der Waals surface area contributed by atoms with Crippen LogP contribution in [0.2, 0.25) is 0 Å². The highest BCUT2D eigenvalue weighted by atomic mass is 79.9. The van der Waals surface area contributed by atoms with Crippen LogP contribution in [0, 0.1) is 5.82 Å². The highest BCUT2D eigenvalue weighted by Gasteiger charge is 2.10. The molecule has 100 valence electrons. The van der Waals surface area contributed by atoms with Crippen LogP contribution in [0.25, 0.3) is 11.5 Å². The average Bonchev–Trinajstić information content (AvgIpc) is 2.76. The molecular weight excluding hydrogens is 319 g/mol. The van der Waals surface area contributed by atoms with Gasteiger partial charge in [0.1, 0.15) is 5.82 Å². The summed E-state index contributed by atoms with van der Waals surface area (Å²) < 4.78 is 19.2. The minimum Gasteiger partial charge on any atom is -0.481 e. The van der Waals surface area contributed by atoms with E-state index in [1.807, 2.05) is 0 Å². The first kappa shape index (κ1) is 13.7. The summed E-state index contributed by atoms with van der Waals surface area (Å²) in [6.07, 6.45) is 0.850. The van der Waals surface area contributed by atoms with Crippen LogP contribution in [0.3, 0.4) is 0 Å². The van der Waals surface area contributed by atoms with Gasteiger partial charge >= 0.3 is 5.97 Å². The van der Waals surface area contributed by atoms with Crippen LogP contribution < -0.4 is 0 Å². The number of benzene rings is 1. The van der Waals surface area contributed by atoms with E-state index < -0.39 is 11.8 Å². The summed E-state index contributed by atoms with van der Waals surface area (Å²) in [7, 11) is 0. The second kappa shape index (κ2) is 5.92. The molecule has 2 aromatic rings. The predicted octanol–water partition coefficient (Wildman–Crippen LogP) is 3.05. The molecule has 0 unspecified atom stereocenters. The maximum atomic E-state index is 13.2. The number of hydrogen-bond acceptors (Lipinski definition) is 4. The maximum Gasteiger partial charge on any atom is 0.303 e. The fourth-order valence-electron chi connectivity index (χ4n) is 1.54. The number of halogens is 2. The third-order valence-corrected chi connectivity index (χ3v) is 2.82. The molecule has 19 heavy (non-hydrogen) atoms. The van der Waals surface area contributed by atoms with E-state index in [-0.39, 0.29) is 12.3 Å². The molecule has 0 saturated heterocycles. The monoisotopic (exact) mass is 328 g/mol. The lowest BCUT2D eigenvalue weighted by Gasteiger charge is -1.97. The van der Waals surface area contributed by atoms with Crippen molar-refractivity contribution in [1.29, 1.82) is 0 Å². The van der Waals surface area contributed by atoms with Gasteiger partial charge in [0, 0.05) is 22.9 Å². The first-order chi connectivity index (χ1) is 9.04. The fraction of sp³-hybridized carbons (Fsp3) is 0.250. The Hall–Kier alpha value is -1.76. The van der Waals surface area contributed by atoms with Crippen LogP contribution >= 0.6 is 15.9 Å². The molecule has 0 fully saturated rings. The molecule has 1 heterocycles. The number of aliphatic carboxylic acids is 1. The van der Waals surface area contributed by atoms with Gasteiger partial charge in [-0.2, -0.15) is 0 Å². The number of rotatable bonds is 5. The van der Waals surface area contributed by atoms with Gasteiger partial charge in [-0.3, -0.25) is 4.79 Å². The van der Waals surface area contributed by atoms with Gasteiger partial charge in [-0.1, -0.05) is 15.9 Å². The zero-order chi connectivity index (χ0) is 13.8. The summed E-state index contributed by atoms with van der Waals surface area (Å²) in [6, 6.07) is 4.28. The number of nitrogens with zero attached hydrogens (tertiary/aromatic N) is 2. The van der Waals surface area contributed by atoms with Crippen molar-refractivity contribution >= 4 is 21.9 Å². The second-order valence-corrected chi connectivity index (χ2v) is 4.82. The molecule has 0 saturated carbocycles. The molecule has 5 nitrogen and oxygen atoms in total. The number of carboxylic acids is 1. The molecule has 0 radical (unpaired) electrons. The summed E-state index contributed by atoms with van der Waals surface area (Å²) >= 11 is 3.18. The van der Waals surface area contributed by atoms with E-state index in [2.05, 4.69) is 26.1 Å². The lowest BCUT2D eigenvalue weighted by atomic mass is 10.2. The van der Waals surface area contributed by atoms with Crippen molar-refractivity contribution in [2.24, 2.45) is 0 Å². The van der Waals surface area contributed by atoms with Crippen molar-refractivity contribution < 1.29 is 18.7 Å². The summed E-state index contributed by atoms with van der Waals surface area (Å²) in [5, 5.41) is 16.1. The SMILES string of the molecule is O=C(O)CCCc1nnc(-c2cc(F)cc(Br)c2)o1. The number of carboxylic acid groups (broad SMARTS) is 1. The smallest absolute Gasteiger partial charge is 0.303 e. The molecule has 0 amide bonds. The first-order valence-corrected chi connectivity index (χ1v) is 6.34. The Balaban J connectivity index is 2.09. The van der Waals surface area contributed by atoms with Gasteiger partial charge in [0.2, 0.25) is 11.8 Å². The molecule has 0 bridgehead atoms. The molecule has 0 aliphatic carbocycles. The largest absolute Gasteiger partial charge is 0.481 e. The lowest BCUT2D eigenvalue weighted by Crippen LogP contribution is -1.95. The number of hydrogen-bond donors (Lipinski definition) is 1. The Morgan fingerprint density at radius 2 is 2.16 bits per heavy atom. The molecule has 0 aliphatic heterocycles. The van der Waals surface area contributed by atoms with E-state index in [9.17, 15) is 9.18 Å². The van der Waals surface area contributed by atoms with E-state index in [0.29, 0.717) is 28.8 Å². The maximum absolute atomic E-state index is 13.2. The summed E-state index contributed by atoms with van der Waals surface area (Å²) in [6.45, 7) is 0. The van der Waals surface area contributed by atoms with Gasteiger partial charge in [-0.15, -0.1) is 10.2 Å². The van der Waals surface area contributed by atoms with Crippen LogP contribution in [0.5, 0.6) is 0 Å². The Labute approximate surface area is 116 Å². The molecule has 0 atom stereocenters. The van der Waals surface area contributed by atoms with Crippen molar-refractivity contribution in [2.45, 2.75) is 19.3 Å². The normalized spacial score (nSPS) is 10.6. The second-order valence-electron chi connectivity index (χ2n) is 3.91. The quantitative estimate of drug-likeness (QED) is 0.912. The van der Waals surface area contributed by atoms with Gasteiger partial charge in [0.15, 0.2) is 0 Å². The van der Waals surface area contributed by atoms with E-state index >= 15 is 0 Å². The van der Waals surface area contributed by atoms with Crippen LogP contribution in [0.15, 0.2) is 27.1 Å². The Morgan fingerprint density at radius 1 is 1.37 bits per heavy atom. The van der Waals surface area contributed by atoms with Crippen molar-refractivity contribution in [3.63, 3.8) is 0 Å². The molecule has 0 spiro atoms. The molecular formula is C12H10BrFN2O3. The minimum atomic E-state index is -0.867. The van der Waals surface area contributed by atoms with Crippen molar-refractivity contribution in [2.75, 3.05) is 0 Å². The number of aromatic nitrogens is 2. The van der Waals surface area contributed by atoms with Crippen LogP contribution in [0.4, 0.5) is 4.39 Å². The van der Waals surface area contributed by atoms with Gasteiger partial charge in [0.05, 0.1) is 0 Å². The fourth-order valence-corrected chi connectivity index (χ4v) is 2.00. The average molecular weight is 329 g/mol. The third kappa shape index (κ3) is 3.85. The van der Waals surface area contributed by atoms with Crippen molar-refractivity contribution in [3.05, 3.63) is 34.4 Å². The predicted molar refractivity (Wildman–Crippen MR) is 68.0 cm³/mol. The zero-order valence-electron chi connectivity index (χ0n) is 9.77. The lowest BCUT2D eigenvalue weighted by molar-refractivity contribution is -0.137. The molecule has 1 aromatic heterocycles. The van der Waals surface area contributed by atoms with E-state index in [0.717, 1.165) is 0 Å². The summed E-state index contributed by atoms with van der Waals surface area (Å²) in [5.74, 6) is -0.717. The molecule has 0 aliphatic rings. The number of aryl methyl sites for hydroxylation is 1. The highest BCUT2D eigenvalue weighted by Crippen LogP contribution is 2.23. The molecule has 2 rings (SSSR count). The summed E-state index contributed by atoms with van der Waals surface area (Å²) in [5.41, 5.74) is 0.476. The Morgan fingerprint density at radius 3 is 2.84 bits per heavy atom. The van der Waals surface area contributed by atoms with Crippen LogP contribution in [0.1, 0.15) is 18.7 Å². The van der Waals surface area contributed by atoms with Crippen LogP contribution in [-0.4, -0.2) is 21.3 Å². The minimum absolute atomic E-state index is 0.0449. The van der Waals surface area contributed by atoms with Crippen molar-refractivity contribution in [3.8, 4) is 11.5 Å². The highest BCUT2D eigenvalue weighted by molar-refractivity contribution is 9.10. The Bertz CT molecular complexity index is 580. The topological polar surface area (TPSA) is 76.2 Å². The Kier molecular flexibility index (Phi) is 4.26.